The van der Waals surface area contributed by atoms with E-state index in [1.54, 1.807) is 33.1 Å². The Morgan fingerprint density at radius 2 is 1.19 bits per heavy atom. The van der Waals surface area contributed by atoms with Gasteiger partial charge in [-0.2, -0.15) is 39.5 Å². The summed E-state index contributed by atoms with van der Waals surface area (Å²) in [4.78, 5) is 31.2. The zero-order valence-electron chi connectivity index (χ0n) is 22.5. The first-order valence-corrected chi connectivity index (χ1v) is 11.7. The summed E-state index contributed by atoms with van der Waals surface area (Å²) >= 11 is 0. The van der Waals surface area contributed by atoms with E-state index in [-0.39, 0.29) is 31.1 Å². The Kier molecular flexibility index (Phi) is 10.2. The number of hydrogen-bond donors (Lipinski definition) is 3. The molecule has 0 atom stereocenters. The summed E-state index contributed by atoms with van der Waals surface area (Å²) < 4.78 is 111. The molecule has 2 aromatic rings. The van der Waals surface area contributed by atoms with E-state index in [4.69, 9.17) is 15.0 Å². The van der Waals surface area contributed by atoms with Crippen molar-refractivity contribution in [2.24, 2.45) is 0 Å². The fourth-order valence-corrected chi connectivity index (χ4v) is 3.95. The van der Waals surface area contributed by atoms with Crippen LogP contribution in [0.2, 0.25) is 0 Å². The van der Waals surface area contributed by atoms with Crippen molar-refractivity contribution < 1.29 is 59.3 Å². The summed E-state index contributed by atoms with van der Waals surface area (Å²) in [5, 5.41) is 19.1. The van der Waals surface area contributed by atoms with Crippen molar-refractivity contribution in [1.29, 1.82) is 0 Å². The van der Waals surface area contributed by atoms with Crippen LogP contribution in [-0.2, 0) is 43.3 Å². The monoisotopic (exact) mass is 626 g/mol. The third-order valence-corrected chi connectivity index (χ3v) is 5.71. The van der Waals surface area contributed by atoms with Crippen LogP contribution in [0, 0.1) is 0 Å². The number of anilines is 2. The maximum absolute atomic E-state index is 12.9. The Labute approximate surface area is 231 Å². The molecule has 0 aliphatic carbocycles. The number of fused-ring (bicyclic) bond motifs is 2. The first-order chi connectivity index (χ1) is 19.1. The Morgan fingerprint density at radius 3 is 1.57 bits per heavy atom. The van der Waals surface area contributed by atoms with Gasteiger partial charge in [-0.3, -0.25) is 0 Å². The zero-order chi connectivity index (χ0) is 32.4. The molecule has 4 heterocycles. The average molecular weight is 626 g/mol. The molecule has 42 heavy (non-hydrogen) atoms. The summed E-state index contributed by atoms with van der Waals surface area (Å²) in [7, 11) is 6.53. The van der Waals surface area contributed by atoms with E-state index in [1.807, 2.05) is 0 Å². The quantitative estimate of drug-likeness (QED) is 0.431. The van der Waals surface area contributed by atoms with Crippen LogP contribution in [0.25, 0.3) is 0 Å². The Balaban J connectivity index is 0.000000243. The fourth-order valence-electron chi connectivity index (χ4n) is 3.95. The molecule has 4 rings (SSSR count). The number of nitrogens with zero attached hydrogens (tertiary/aromatic N) is 7. The van der Waals surface area contributed by atoms with Gasteiger partial charge in [0.25, 0.3) is 0 Å². The molecule has 0 spiro atoms. The Morgan fingerprint density at radius 1 is 0.762 bits per heavy atom. The summed E-state index contributed by atoms with van der Waals surface area (Å²) in [6.07, 6.45) is -15.2. The van der Waals surface area contributed by atoms with Gasteiger partial charge in [0.15, 0.2) is 11.6 Å². The highest BCUT2D eigenvalue weighted by Crippen LogP contribution is 2.35. The second kappa shape index (κ2) is 12.5. The molecule has 0 saturated carbocycles. The average Bonchev–Trinajstić information content (AvgIpc) is 3.43. The Bertz CT molecular complexity index is 1270. The lowest BCUT2D eigenvalue weighted by atomic mass is 10.3. The lowest BCUT2D eigenvalue weighted by molar-refractivity contribution is -0.192. The molecular formula is C21H27F9N8O4. The van der Waals surface area contributed by atoms with E-state index in [2.05, 4.69) is 15.3 Å². The van der Waals surface area contributed by atoms with E-state index < -0.39 is 42.2 Å². The smallest absolute Gasteiger partial charge is 0.475 e. The summed E-state index contributed by atoms with van der Waals surface area (Å²) in [6, 6.07) is 0. The van der Waals surface area contributed by atoms with Crippen LogP contribution in [0.1, 0.15) is 23.0 Å². The van der Waals surface area contributed by atoms with E-state index in [9.17, 15) is 44.3 Å². The van der Waals surface area contributed by atoms with Gasteiger partial charge in [-0.15, -0.1) is 0 Å². The molecule has 3 N–H and O–H groups in total. The van der Waals surface area contributed by atoms with Gasteiger partial charge >= 0.3 is 30.6 Å². The van der Waals surface area contributed by atoms with Crippen molar-refractivity contribution in [3.05, 3.63) is 23.0 Å². The van der Waals surface area contributed by atoms with Gasteiger partial charge in [0.2, 0.25) is 11.6 Å². The van der Waals surface area contributed by atoms with Crippen LogP contribution < -0.4 is 15.1 Å². The van der Waals surface area contributed by atoms with Gasteiger partial charge in [0.1, 0.15) is 0 Å². The molecule has 0 aromatic carbocycles. The molecule has 0 radical (unpaired) electrons. The molecule has 0 unspecified atom stereocenters. The minimum Gasteiger partial charge on any atom is -0.475 e. The van der Waals surface area contributed by atoms with E-state index in [1.165, 1.54) is 9.47 Å². The molecule has 2 aliphatic heterocycles. The van der Waals surface area contributed by atoms with Crippen LogP contribution in [-0.4, -0.2) is 93.7 Å². The molecule has 2 aromatic heterocycles. The topological polar surface area (TPSA) is 132 Å². The largest absolute Gasteiger partial charge is 0.490 e. The van der Waals surface area contributed by atoms with Crippen molar-refractivity contribution in [1.82, 2.24) is 29.3 Å². The van der Waals surface area contributed by atoms with Gasteiger partial charge in [0.05, 0.1) is 17.9 Å². The lowest BCUT2D eigenvalue weighted by Crippen LogP contribution is -2.38. The SMILES string of the molecule is CN(C)c1nc(C(F)(F)F)n2c1CN(C(=O)O)CC2.CN(C)c1nc(C(F)(F)F)n2c1CNCC2.O=C(O)C(F)(F)F. The number of amides is 1. The molecule has 2 aliphatic rings. The lowest BCUT2D eigenvalue weighted by Gasteiger charge is -2.27. The highest BCUT2D eigenvalue weighted by Gasteiger charge is 2.42. The number of hydrogen-bond acceptors (Lipinski definition) is 7. The number of aromatic nitrogens is 4. The van der Waals surface area contributed by atoms with E-state index in [0.717, 1.165) is 9.47 Å². The number of aliphatic carboxylic acids is 1. The van der Waals surface area contributed by atoms with Crippen LogP contribution in [0.4, 0.5) is 55.9 Å². The van der Waals surface area contributed by atoms with Crippen LogP contribution in [0.5, 0.6) is 0 Å². The minimum absolute atomic E-state index is 0.0225. The molecule has 0 bridgehead atoms. The number of rotatable bonds is 2. The number of imidazole rings is 2. The van der Waals surface area contributed by atoms with Gasteiger partial charge in [-0.25, -0.2) is 19.6 Å². The molecule has 12 nitrogen and oxygen atoms in total. The van der Waals surface area contributed by atoms with E-state index in [0.29, 0.717) is 31.1 Å². The minimum atomic E-state index is -5.08. The van der Waals surface area contributed by atoms with E-state index >= 15 is 0 Å². The fraction of sp³-hybridized carbons (Fsp3) is 0.619. The van der Waals surface area contributed by atoms with Crippen LogP contribution in [0.3, 0.4) is 0 Å². The van der Waals surface area contributed by atoms with Gasteiger partial charge in [-0.1, -0.05) is 0 Å². The van der Waals surface area contributed by atoms with Crippen molar-refractivity contribution in [2.45, 2.75) is 44.7 Å². The molecular weight excluding hydrogens is 599 g/mol. The number of carboxylic acid groups (broad SMARTS) is 2. The van der Waals surface area contributed by atoms with Crippen molar-refractivity contribution in [2.75, 3.05) is 51.1 Å². The van der Waals surface area contributed by atoms with Gasteiger partial charge in [0, 0.05) is 60.9 Å². The normalized spacial score (nSPS) is 14.9. The molecule has 21 heteroatoms. The molecule has 0 saturated heterocycles. The molecule has 238 valence electrons. The highest BCUT2D eigenvalue weighted by molar-refractivity contribution is 5.73. The van der Waals surface area contributed by atoms with Crippen molar-refractivity contribution >= 4 is 23.7 Å². The summed E-state index contributed by atoms with van der Waals surface area (Å²) in [5.74, 6) is -3.99. The third-order valence-electron chi connectivity index (χ3n) is 5.71. The van der Waals surface area contributed by atoms with Crippen molar-refractivity contribution in [3.8, 4) is 0 Å². The molecule has 0 fully saturated rings. The first kappa shape index (κ1) is 34.3. The predicted octanol–water partition coefficient (Wildman–Crippen LogP) is 3.17. The zero-order valence-corrected chi connectivity index (χ0v) is 22.5. The Hall–Kier alpha value is -3.91. The second-order valence-corrected chi connectivity index (χ2v) is 9.18. The number of nitrogens with one attached hydrogen (secondary N) is 1. The summed E-state index contributed by atoms with van der Waals surface area (Å²) in [6.45, 7) is 1.17. The number of alkyl halides is 9. The maximum Gasteiger partial charge on any atom is 0.490 e. The first-order valence-electron chi connectivity index (χ1n) is 11.7. The number of carboxylic acids is 1. The third kappa shape index (κ3) is 8.10. The van der Waals surface area contributed by atoms with Crippen LogP contribution >= 0.6 is 0 Å². The number of carbonyl (C=O) groups is 2. The molecule has 1 amide bonds. The maximum atomic E-state index is 12.9. The standard InChI is InChI=1S/C10H13F3N4O2.C9H13F3N4.C2HF3O2/c1-15(2)7-6-5-16(9(18)19)3-4-17(6)8(14-7)10(11,12)13;1-15(2)7-6-5-13-3-4-16(6)8(14-7)9(10,11)12;3-2(4,5)1(6)7/h3-5H2,1-2H3,(H,18,19);13H,3-5H2,1-2H3;(H,6,7). The predicted molar refractivity (Wildman–Crippen MR) is 127 cm³/mol. The van der Waals surface area contributed by atoms with Crippen molar-refractivity contribution in [3.63, 3.8) is 0 Å². The second-order valence-electron chi connectivity index (χ2n) is 9.18. The highest BCUT2D eigenvalue weighted by atomic mass is 19.4. The summed E-state index contributed by atoms with van der Waals surface area (Å²) in [5.41, 5.74) is 0.870. The van der Waals surface area contributed by atoms with Crippen LogP contribution in [0.15, 0.2) is 0 Å². The van der Waals surface area contributed by atoms with Gasteiger partial charge in [-0.05, 0) is 0 Å². The van der Waals surface area contributed by atoms with Gasteiger partial charge < -0.3 is 39.4 Å². The number of halogens is 9.